The summed E-state index contributed by atoms with van der Waals surface area (Å²) < 4.78 is 12.1. The average molecular weight is 312 g/mol. The molecule has 0 bridgehead atoms. The maximum atomic E-state index is 6.05. The topological polar surface area (TPSA) is 60.4 Å². The van der Waals surface area contributed by atoms with Crippen LogP contribution < -0.4 is 9.64 Å². The highest BCUT2D eigenvalue weighted by molar-refractivity contribution is 5.43. The Morgan fingerprint density at radius 1 is 1.22 bits per heavy atom. The third-order valence-electron chi connectivity index (χ3n) is 4.44. The van der Waals surface area contributed by atoms with E-state index in [2.05, 4.69) is 20.1 Å². The van der Waals surface area contributed by atoms with Gasteiger partial charge in [0.25, 0.3) is 0 Å². The fraction of sp³-hybridized carbons (Fsp3) is 0.471. The minimum atomic E-state index is -0.121. The van der Waals surface area contributed by atoms with Crippen LogP contribution in [0.2, 0.25) is 0 Å². The standard InChI is InChI=1S/C17H20N4O2/c1-13-5-6-15(20-19-13)21-11-17(12-21)10-14(7-9-22-17)23-16-4-2-3-8-18-16/h2-6,8,14H,7,9-12H2,1H3. The monoisotopic (exact) mass is 312 g/mol. The molecule has 6 heteroatoms. The van der Waals surface area contributed by atoms with Crippen LogP contribution >= 0.6 is 0 Å². The molecule has 2 aromatic heterocycles. The van der Waals surface area contributed by atoms with Gasteiger partial charge >= 0.3 is 0 Å². The Bertz CT molecular complexity index is 656. The first kappa shape index (κ1) is 14.4. The highest BCUT2D eigenvalue weighted by Crippen LogP contribution is 2.37. The molecule has 6 nitrogen and oxygen atoms in total. The van der Waals surface area contributed by atoms with Crippen molar-refractivity contribution < 1.29 is 9.47 Å². The third kappa shape index (κ3) is 2.99. The van der Waals surface area contributed by atoms with Crippen molar-refractivity contribution in [3.63, 3.8) is 0 Å². The van der Waals surface area contributed by atoms with E-state index >= 15 is 0 Å². The summed E-state index contributed by atoms with van der Waals surface area (Å²) in [6, 6.07) is 9.74. The predicted molar refractivity (Wildman–Crippen MR) is 85.6 cm³/mol. The fourth-order valence-corrected chi connectivity index (χ4v) is 3.26. The number of hydrogen-bond donors (Lipinski definition) is 0. The zero-order valence-electron chi connectivity index (χ0n) is 13.2. The van der Waals surface area contributed by atoms with Gasteiger partial charge in [-0.1, -0.05) is 6.07 Å². The van der Waals surface area contributed by atoms with Crippen molar-refractivity contribution in [1.82, 2.24) is 15.2 Å². The quantitative estimate of drug-likeness (QED) is 0.864. The van der Waals surface area contributed by atoms with Crippen molar-refractivity contribution in [3.05, 3.63) is 42.2 Å². The SMILES string of the molecule is Cc1ccc(N2CC3(CC(Oc4ccccn4)CCO3)C2)nn1. The van der Waals surface area contributed by atoms with Gasteiger partial charge in [0.1, 0.15) is 11.7 Å². The van der Waals surface area contributed by atoms with Crippen molar-refractivity contribution in [3.8, 4) is 5.88 Å². The van der Waals surface area contributed by atoms with Crippen LogP contribution in [0.4, 0.5) is 5.82 Å². The molecule has 23 heavy (non-hydrogen) atoms. The van der Waals surface area contributed by atoms with E-state index in [0.717, 1.165) is 44.0 Å². The molecule has 0 radical (unpaired) electrons. The molecule has 1 spiro atoms. The number of aromatic nitrogens is 3. The lowest BCUT2D eigenvalue weighted by Gasteiger charge is -2.53. The normalized spacial score (nSPS) is 22.7. The molecule has 0 amide bonds. The fourth-order valence-electron chi connectivity index (χ4n) is 3.26. The molecule has 2 aromatic rings. The van der Waals surface area contributed by atoms with Gasteiger partial charge in [-0.3, -0.25) is 0 Å². The van der Waals surface area contributed by atoms with Crippen molar-refractivity contribution in [2.24, 2.45) is 0 Å². The Morgan fingerprint density at radius 3 is 2.87 bits per heavy atom. The maximum absolute atomic E-state index is 6.05. The maximum Gasteiger partial charge on any atom is 0.213 e. The number of ether oxygens (including phenoxy) is 2. The van der Waals surface area contributed by atoms with Gasteiger partial charge in [-0.2, -0.15) is 5.10 Å². The number of pyridine rings is 1. The molecular weight excluding hydrogens is 292 g/mol. The molecular formula is C17H20N4O2. The van der Waals surface area contributed by atoms with Crippen LogP contribution in [-0.4, -0.2) is 46.6 Å². The van der Waals surface area contributed by atoms with Crippen LogP contribution in [-0.2, 0) is 4.74 Å². The zero-order valence-corrected chi connectivity index (χ0v) is 13.2. The van der Waals surface area contributed by atoms with Crippen LogP contribution in [0.5, 0.6) is 5.88 Å². The summed E-state index contributed by atoms with van der Waals surface area (Å²) >= 11 is 0. The smallest absolute Gasteiger partial charge is 0.213 e. The number of aryl methyl sites for hydroxylation is 1. The van der Waals surface area contributed by atoms with E-state index in [1.807, 2.05) is 37.3 Å². The largest absolute Gasteiger partial charge is 0.474 e. The average Bonchev–Trinajstić information content (AvgIpc) is 2.55. The minimum absolute atomic E-state index is 0.121. The van der Waals surface area contributed by atoms with E-state index in [0.29, 0.717) is 5.88 Å². The van der Waals surface area contributed by atoms with E-state index in [1.165, 1.54) is 0 Å². The molecule has 4 rings (SSSR count). The van der Waals surface area contributed by atoms with Gasteiger partial charge in [0.05, 0.1) is 25.4 Å². The van der Waals surface area contributed by atoms with Crippen LogP contribution in [0.3, 0.4) is 0 Å². The van der Waals surface area contributed by atoms with Gasteiger partial charge in [-0.15, -0.1) is 5.10 Å². The van der Waals surface area contributed by atoms with Gasteiger partial charge in [0, 0.05) is 25.1 Å². The van der Waals surface area contributed by atoms with E-state index in [9.17, 15) is 0 Å². The summed E-state index contributed by atoms with van der Waals surface area (Å²) in [5, 5.41) is 8.37. The van der Waals surface area contributed by atoms with Crippen LogP contribution in [0.15, 0.2) is 36.5 Å². The van der Waals surface area contributed by atoms with Crippen molar-refractivity contribution in [2.75, 3.05) is 24.6 Å². The number of rotatable bonds is 3. The summed E-state index contributed by atoms with van der Waals surface area (Å²) in [6.45, 7) is 4.35. The van der Waals surface area contributed by atoms with E-state index in [1.54, 1.807) is 6.20 Å². The van der Waals surface area contributed by atoms with Crippen LogP contribution in [0.25, 0.3) is 0 Å². The number of anilines is 1. The highest BCUT2D eigenvalue weighted by atomic mass is 16.5. The van der Waals surface area contributed by atoms with Gasteiger partial charge in [0.15, 0.2) is 5.82 Å². The Kier molecular flexibility index (Phi) is 3.61. The second-order valence-electron chi connectivity index (χ2n) is 6.32. The van der Waals surface area contributed by atoms with Crippen molar-refractivity contribution in [2.45, 2.75) is 31.5 Å². The zero-order chi connectivity index (χ0) is 15.7. The van der Waals surface area contributed by atoms with E-state index in [4.69, 9.17) is 9.47 Å². The molecule has 0 aliphatic carbocycles. The second-order valence-corrected chi connectivity index (χ2v) is 6.32. The van der Waals surface area contributed by atoms with Crippen molar-refractivity contribution in [1.29, 1.82) is 0 Å². The number of hydrogen-bond acceptors (Lipinski definition) is 6. The van der Waals surface area contributed by atoms with Crippen LogP contribution in [0, 0.1) is 6.92 Å². The van der Waals surface area contributed by atoms with Gasteiger partial charge in [-0.25, -0.2) is 4.98 Å². The predicted octanol–water partition coefficient (Wildman–Crippen LogP) is 2.00. The molecule has 120 valence electrons. The first-order chi connectivity index (χ1) is 11.2. The Labute approximate surface area is 135 Å². The third-order valence-corrected chi connectivity index (χ3v) is 4.44. The van der Waals surface area contributed by atoms with E-state index in [-0.39, 0.29) is 11.7 Å². The molecule has 2 aliphatic heterocycles. The van der Waals surface area contributed by atoms with E-state index < -0.39 is 0 Å². The molecule has 0 N–H and O–H groups in total. The Morgan fingerprint density at radius 2 is 2.13 bits per heavy atom. The molecule has 2 fully saturated rings. The second kappa shape index (κ2) is 5.77. The molecule has 2 saturated heterocycles. The first-order valence-electron chi connectivity index (χ1n) is 7.99. The molecule has 1 unspecified atom stereocenters. The minimum Gasteiger partial charge on any atom is -0.474 e. The molecule has 0 aromatic carbocycles. The Balaban J connectivity index is 1.38. The summed E-state index contributed by atoms with van der Waals surface area (Å²) in [5.74, 6) is 1.60. The highest BCUT2D eigenvalue weighted by Gasteiger charge is 2.48. The lowest BCUT2D eigenvalue weighted by Crippen LogP contribution is -2.66. The van der Waals surface area contributed by atoms with Gasteiger partial charge in [0.2, 0.25) is 5.88 Å². The molecule has 0 saturated carbocycles. The van der Waals surface area contributed by atoms with Crippen molar-refractivity contribution >= 4 is 5.82 Å². The molecule has 2 aliphatic rings. The molecule has 1 atom stereocenters. The van der Waals surface area contributed by atoms with Gasteiger partial charge in [-0.05, 0) is 25.1 Å². The van der Waals surface area contributed by atoms with Crippen LogP contribution in [0.1, 0.15) is 18.5 Å². The summed E-state index contributed by atoms with van der Waals surface area (Å²) in [7, 11) is 0. The number of nitrogens with zero attached hydrogens (tertiary/aromatic N) is 4. The lowest BCUT2D eigenvalue weighted by molar-refractivity contribution is -0.126. The summed E-state index contributed by atoms with van der Waals surface area (Å²) in [6.07, 6.45) is 3.71. The summed E-state index contributed by atoms with van der Waals surface area (Å²) in [5.41, 5.74) is 0.811. The molecule has 4 heterocycles. The van der Waals surface area contributed by atoms with Gasteiger partial charge < -0.3 is 14.4 Å². The summed E-state index contributed by atoms with van der Waals surface area (Å²) in [4.78, 5) is 6.45. The lowest BCUT2D eigenvalue weighted by atomic mass is 9.84. The first-order valence-corrected chi connectivity index (χ1v) is 7.99. The Hall–Kier alpha value is -2.21.